The zero-order valence-electron chi connectivity index (χ0n) is 18.8. The molecule has 2 aliphatic heterocycles. The van der Waals surface area contributed by atoms with Crippen LogP contribution < -0.4 is 14.2 Å². The fourth-order valence-corrected chi connectivity index (χ4v) is 4.57. The summed E-state index contributed by atoms with van der Waals surface area (Å²) in [7, 11) is 1.58. The SMILES string of the molecule is COc1ccccc1/C=C1\Oc2c(ccc3c2[C@@H](c2ccc(-c4ccccc4)o2)CC(=O)O3)C1=O. The van der Waals surface area contributed by atoms with Crippen molar-refractivity contribution in [3.8, 4) is 28.6 Å². The van der Waals surface area contributed by atoms with Gasteiger partial charge in [0.25, 0.3) is 0 Å². The zero-order valence-corrected chi connectivity index (χ0v) is 18.8. The summed E-state index contributed by atoms with van der Waals surface area (Å²) in [5.41, 5.74) is 2.71. The maximum Gasteiger partial charge on any atom is 0.312 e. The molecular weight excluding hydrogens is 444 g/mol. The van der Waals surface area contributed by atoms with E-state index in [9.17, 15) is 9.59 Å². The lowest BCUT2D eigenvalue weighted by Gasteiger charge is -2.24. The molecule has 1 aromatic heterocycles. The monoisotopic (exact) mass is 464 g/mol. The number of allylic oxidation sites excluding steroid dienone is 1. The Kier molecular flexibility index (Phi) is 4.99. The molecular formula is C29H20O6. The molecule has 3 aromatic carbocycles. The number of Topliss-reactive ketones (excluding diaryl/α,β-unsaturated/α-hetero) is 1. The lowest BCUT2D eigenvalue weighted by atomic mass is 9.88. The molecule has 0 aliphatic carbocycles. The van der Waals surface area contributed by atoms with E-state index in [1.807, 2.05) is 66.7 Å². The van der Waals surface area contributed by atoms with E-state index in [0.717, 1.165) is 11.1 Å². The van der Waals surface area contributed by atoms with E-state index < -0.39 is 5.92 Å². The maximum atomic E-state index is 13.2. The molecule has 0 amide bonds. The molecule has 0 unspecified atom stereocenters. The van der Waals surface area contributed by atoms with Crippen LogP contribution >= 0.6 is 0 Å². The number of para-hydroxylation sites is 1. The van der Waals surface area contributed by atoms with Gasteiger partial charge in [-0.15, -0.1) is 0 Å². The Hall–Kier alpha value is -4.58. The van der Waals surface area contributed by atoms with Gasteiger partial charge in [0, 0.05) is 16.7 Å². The van der Waals surface area contributed by atoms with E-state index in [1.54, 1.807) is 25.3 Å². The first-order valence-electron chi connectivity index (χ1n) is 11.2. The van der Waals surface area contributed by atoms with Crippen molar-refractivity contribution >= 4 is 17.8 Å². The highest BCUT2D eigenvalue weighted by Gasteiger charge is 2.39. The van der Waals surface area contributed by atoms with Crippen molar-refractivity contribution in [3.05, 3.63) is 107 Å². The molecule has 6 nitrogen and oxygen atoms in total. The van der Waals surface area contributed by atoms with Gasteiger partial charge in [0.1, 0.15) is 28.8 Å². The number of fused-ring (bicyclic) bond motifs is 3. The van der Waals surface area contributed by atoms with Gasteiger partial charge < -0.3 is 18.6 Å². The predicted molar refractivity (Wildman–Crippen MR) is 129 cm³/mol. The second-order valence-corrected chi connectivity index (χ2v) is 8.33. The molecule has 0 saturated heterocycles. The molecule has 0 saturated carbocycles. The number of hydrogen-bond acceptors (Lipinski definition) is 6. The third-order valence-corrected chi connectivity index (χ3v) is 6.23. The highest BCUT2D eigenvalue weighted by molar-refractivity contribution is 6.15. The van der Waals surface area contributed by atoms with Crippen LogP contribution in [0.1, 0.15) is 39.6 Å². The molecule has 6 rings (SSSR count). The van der Waals surface area contributed by atoms with E-state index in [2.05, 4.69) is 0 Å². The topological polar surface area (TPSA) is 75.0 Å². The van der Waals surface area contributed by atoms with Crippen LogP contribution in [0.15, 0.2) is 89.0 Å². The Bertz CT molecular complexity index is 1490. The van der Waals surface area contributed by atoms with Crippen molar-refractivity contribution in [1.82, 2.24) is 0 Å². The van der Waals surface area contributed by atoms with Crippen LogP contribution in [0, 0.1) is 0 Å². The van der Waals surface area contributed by atoms with Crippen molar-refractivity contribution < 1.29 is 28.2 Å². The number of ether oxygens (including phenoxy) is 3. The summed E-state index contributed by atoms with van der Waals surface area (Å²) in [6, 6.07) is 24.1. The van der Waals surface area contributed by atoms with Gasteiger partial charge in [-0.3, -0.25) is 9.59 Å². The Morgan fingerprint density at radius 1 is 0.886 bits per heavy atom. The smallest absolute Gasteiger partial charge is 0.312 e. The first kappa shape index (κ1) is 21.0. The van der Waals surface area contributed by atoms with Crippen LogP contribution in [0.5, 0.6) is 17.2 Å². The van der Waals surface area contributed by atoms with Crippen LogP contribution in [-0.2, 0) is 4.79 Å². The van der Waals surface area contributed by atoms with Gasteiger partial charge in [-0.2, -0.15) is 0 Å². The fraction of sp³-hybridized carbons (Fsp3) is 0.103. The first-order valence-corrected chi connectivity index (χ1v) is 11.2. The lowest BCUT2D eigenvalue weighted by Crippen LogP contribution is -2.21. The van der Waals surface area contributed by atoms with Crippen molar-refractivity contribution in [3.63, 3.8) is 0 Å². The highest BCUT2D eigenvalue weighted by atomic mass is 16.5. The Balaban J connectivity index is 1.43. The summed E-state index contributed by atoms with van der Waals surface area (Å²) in [5, 5.41) is 0. The summed E-state index contributed by atoms with van der Waals surface area (Å²) in [4.78, 5) is 25.6. The van der Waals surface area contributed by atoms with Crippen molar-refractivity contribution in [1.29, 1.82) is 0 Å². The highest BCUT2D eigenvalue weighted by Crippen LogP contribution is 2.49. The molecule has 172 valence electrons. The standard InChI is InChI=1S/C29H20O6/c1-32-21-10-6-5-9-18(21)15-25-28(31)19-11-12-24-27(29(19)35-25)20(16-26(30)34-24)23-14-13-22(33-23)17-7-3-2-4-8-17/h2-15,20H,16H2,1H3/b25-15-/t20-/m1/s1. The largest absolute Gasteiger partial charge is 0.496 e. The van der Waals surface area contributed by atoms with Gasteiger partial charge in [0.05, 0.1) is 25.0 Å². The van der Waals surface area contributed by atoms with E-state index in [4.69, 9.17) is 18.6 Å². The quantitative estimate of drug-likeness (QED) is 0.209. The van der Waals surface area contributed by atoms with Crippen LogP contribution in [0.3, 0.4) is 0 Å². The van der Waals surface area contributed by atoms with Crippen molar-refractivity contribution in [2.24, 2.45) is 0 Å². The van der Waals surface area contributed by atoms with Crippen molar-refractivity contribution in [2.75, 3.05) is 7.11 Å². The lowest BCUT2D eigenvalue weighted by molar-refractivity contribution is -0.135. The fourth-order valence-electron chi connectivity index (χ4n) is 4.57. The molecule has 2 aliphatic rings. The van der Waals surface area contributed by atoms with Crippen molar-refractivity contribution in [2.45, 2.75) is 12.3 Å². The normalized spacial score (nSPS) is 17.5. The van der Waals surface area contributed by atoms with Gasteiger partial charge >= 0.3 is 5.97 Å². The number of rotatable bonds is 4. The number of ketones is 1. The molecule has 0 radical (unpaired) electrons. The summed E-state index contributed by atoms with van der Waals surface area (Å²) >= 11 is 0. The number of hydrogen-bond donors (Lipinski definition) is 0. The molecule has 3 heterocycles. The Morgan fingerprint density at radius 2 is 1.69 bits per heavy atom. The molecule has 0 spiro atoms. The summed E-state index contributed by atoms with van der Waals surface area (Å²) in [5.74, 6) is 1.82. The third kappa shape index (κ3) is 3.60. The van der Waals surface area contributed by atoms with Gasteiger partial charge in [0.15, 0.2) is 5.76 Å². The Labute approximate surface area is 201 Å². The molecule has 0 bridgehead atoms. The minimum Gasteiger partial charge on any atom is -0.496 e. The van der Waals surface area contributed by atoms with E-state index >= 15 is 0 Å². The maximum absolute atomic E-state index is 13.2. The predicted octanol–water partition coefficient (Wildman–Crippen LogP) is 6.01. The average molecular weight is 464 g/mol. The number of carbonyl (C=O) groups excluding carboxylic acids is 2. The van der Waals surface area contributed by atoms with E-state index in [1.165, 1.54) is 0 Å². The van der Waals surface area contributed by atoms with Gasteiger partial charge in [-0.05, 0) is 36.4 Å². The molecule has 6 heteroatoms. The molecule has 35 heavy (non-hydrogen) atoms. The second kappa shape index (κ2) is 8.33. The van der Waals surface area contributed by atoms with Crippen LogP contribution in [-0.4, -0.2) is 18.9 Å². The minimum atomic E-state index is -0.447. The number of benzene rings is 3. The number of esters is 1. The van der Waals surface area contributed by atoms with E-state index in [-0.39, 0.29) is 23.9 Å². The van der Waals surface area contributed by atoms with Gasteiger partial charge in [0.2, 0.25) is 5.78 Å². The van der Waals surface area contributed by atoms with Crippen LogP contribution in [0.25, 0.3) is 17.4 Å². The van der Waals surface area contributed by atoms with Crippen LogP contribution in [0.2, 0.25) is 0 Å². The molecule has 1 atom stereocenters. The first-order chi connectivity index (χ1) is 17.1. The zero-order chi connectivity index (χ0) is 23.9. The number of methoxy groups -OCH3 is 1. The minimum absolute atomic E-state index is 0.0777. The Morgan fingerprint density at radius 3 is 2.51 bits per heavy atom. The van der Waals surface area contributed by atoms with Crippen LogP contribution in [0.4, 0.5) is 0 Å². The summed E-state index contributed by atoms with van der Waals surface area (Å²) in [6.07, 6.45) is 1.74. The number of furan rings is 1. The average Bonchev–Trinajstić information content (AvgIpc) is 3.50. The van der Waals surface area contributed by atoms with Gasteiger partial charge in [-0.1, -0.05) is 48.5 Å². The van der Waals surface area contributed by atoms with E-state index in [0.29, 0.717) is 39.9 Å². The molecule has 0 fully saturated rings. The summed E-state index contributed by atoms with van der Waals surface area (Å²) in [6.45, 7) is 0. The molecule has 0 N–H and O–H groups in total. The third-order valence-electron chi connectivity index (χ3n) is 6.23. The molecule has 4 aromatic rings. The van der Waals surface area contributed by atoms with Gasteiger partial charge in [-0.25, -0.2) is 0 Å². The second-order valence-electron chi connectivity index (χ2n) is 8.33. The number of carbonyl (C=O) groups is 2. The summed E-state index contributed by atoms with van der Waals surface area (Å²) < 4.78 is 23.2.